The summed E-state index contributed by atoms with van der Waals surface area (Å²) in [6, 6.07) is 0. The zero-order valence-corrected chi connectivity index (χ0v) is 10.1. The van der Waals surface area contributed by atoms with Crippen LogP contribution in [0.2, 0.25) is 0 Å². The minimum atomic E-state index is -0.420. The van der Waals surface area contributed by atoms with E-state index in [1.54, 1.807) is 0 Å². The van der Waals surface area contributed by atoms with Gasteiger partial charge in [-0.1, -0.05) is 47.5 Å². The summed E-state index contributed by atoms with van der Waals surface area (Å²) in [5.74, 6) is 5.10. The first-order valence-corrected chi connectivity index (χ1v) is 5.30. The fraction of sp³-hybridized carbons (Fsp3) is 0.909. The quantitative estimate of drug-likeness (QED) is 0.406. The molecular weight excluding hydrogens is 176 g/mol. The summed E-state index contributed by atoms with van der Waals surface area (Å²) < 4.78 is 0. The van der Waals surface area contributed by atoms with Crippen molar-refractivity contribution in [2.45, 2.75) is 53.9 Å². The predicted octanol–water partition coefficient (Wildman–Crippen LogP) is 2.22. The third-order valence-corrected chi connectivity index (χ3v) is 3.55. The van der Waals surface area contributed by atoms with Crippen LogP contribution in [-0.4, -0.2) is 5.91 Å². The van der Waals surface area contributed by atoms with Crippen molar-refractivity contribution in [2.75, 3.05) is 0 Å². The van der Waals surface area contributed by atoms with Gasteiger partial charge in [0.05, 0.1) is 0 Å². The largest absolute Gasteiger partial charge is 0.294 e. The second-order valence-corrected chi connectivity index (χ2v) is 5.09. The molecule has 0 rings (SSSR count). The first-order chi connectivity index (χ1) is 6.29. The second kappa shape index (κ2) is 4.78. The molecule has 14 heavy (non-hydrogen) atoms. The van der Waals surface area contributed by atoms with Gasteiger partial charge in [-0.05, 0) is 11.8 Å². The molecule has 0 aromatic carbocycles. The van der Waals surface area contributed by atoms with Crippen LogP contribution in [0.1, 0.15) is 53.9 Å². The van der Waals surface area contributed by atoms with E-state index in [1.807, 2.05) is 13.8 Å². The maximum Gasteiger partial charge on any atom is 0.240 e. The lowest BCUT2D eigenvalue weighted by Gasteiger charge is -2.40. The molecule has 0 spiro atoms. The molecule has 0 aromatic heterocycles. The van der Waals surface area contributed by atoms with Crippen LogP contribution in [0, 0.1) is 10.8 Å². The Hall–Kier alpha value is -0.570. The number of nitrogens with two attached hydrogens (primary N) is 1. The van der Waals surface area contributed by atoms with Gasteiger partial charge in [0.15, 0.2) is 0 Å². The summed E-state index contributed by atoms with van der Waals surface area (Å²) in [6.07, 6.45) is 3.35. The highest BCUT2D eigenvalue weighted by Gasteiger charge is 2.42. The molecule has 3 N–H and O–H groups in total. The molecule has 0 saturated carbocycles. The van der Waals surface area contributed by atoms with Crippen LogP contribution in [0.3, 0.4) is 0 Å². The van der Waals surface area contributed by atoms with Gasteiger partial charge in [0.25, 0.3) is 0 Å². The topological polar surface area (TPSA) is 55.1 Å². The lowest BCUT2D eigenvalue weighted by atomic mass is 9.65. The maximum absolute atomic E-state index is 11.6. The van der Waals surface area contributed by atoms with E-state index in [1.165, 1.54) is 0 Å². The average molecular weight is 200 g/mol. The number of hydrogen-bond donors (Lipinski definition) is 2. The van der Waals surface area contributed by atoms with Gasteiger partial charge in [0, 0.05) is 5.41 Å². The molecule has 0 heterocycles. The Morgan fingerprint density at radius 2 is 1.79 bits per heavy atom. The molecular formula is C11H24N2O. The smallest absolute Gasteiger partial charge is 0.240 e. The molecule has 0 saturated heterocycles. The third kappa shape index (κ3) is 2.71. The fourth-order valence-corrected chi connectivity index (χ4v) is 1.42. The van der Waals surface area contributed by atoms with E-state index < -0.39 is 5.41 Å². The number of carbonyl (C=O) groups excluding carboxylic acids is 1. The zero-order valence-electron chi connectivity index (χ0n) is 10.1. The third-order valence-electron chi connectivity index (χ3n) is 3.55. The van der Waals surface area contributed by atoms with Crippen molar-refractivity contribution in [3.63, 3.8) is 0 Å². The van der Waals surface area contributed by atoms with Crippen LogP contribution in [0.4, 0.5) is 0 Å². The van der Waals surface area contributed by atoms with Crippen LogP contribution >= 0.6 is 0 Å². The maximum atomic E-state index is 11.6. The van der Waals surface area contributed by atoms with Gasteiger partial charge in [-0.15, -0.1) is 0 Å². The second-order valence-electron chi connectivity index (χ2n) is 5.09. The number of nitrogens with one attached hydrogen (secondary N) is 1. The lowest BCUT2D eigenvalue weighted by molar-refractivity contribution is -0.135. The molecule has 0 atom stereocenters. The fourth-order valence-electron chi connectivity index (χ4n) is 1.42. The molecule has 84 valence electrons. The highest BCUT2D eigenvalue weighted by molar-refractivity contribution is 5.82. The number of hydrazine groups is 1. The van der Waals surface area contributed by atoms with Crippen LogP contribution < -0.4 is 11.3 Å². The van der Waals surface area contributed by atoms with Crippen LogP contribution in [0.15, 0.2) is 0 Å². The molecule has 0 aliphatic heterocycles. The van der Waals surface area contributed by atoms with Crippen LogP contribution in [0.5, 0.6) is 0 Å². The summed E-state index contributed by atoms with van der Waals surface area (Å²) in [6.45, 7) is 10.3. The lowest BCUT2D eigenvalue weighted by Crippen LogP contribution is -2.48. The normalized spacial score (nSPS) is 12.7. The molecule has 3 nitrogen and oxygen atoms in total. The molecule has 0 aromatic rings. The Morgan fingerprint density at radius 3 is 2.14 bits per heavy atom. The first kappa shape index (κ1) is 13.4. The van der Waals surface area contributed by atoms with Crippen molar-refractivity contribution < 1.29 is 4.79 Å². The Morgan fingerprint density at radius 1 is 1.29 bits per heavy atom. The van der Waals surface area contributed by atoms with Crippen molar-refractivity contribution in [2.24, 2.45) is 16.7 Å². The number of amides is 1. The molecule has 0 fully saturated rings. The van der Waals surface area contributed by atoms with E-state index in [9.17, 15) is 4.79 Å². The molecule has 0 radical (unpaired) electrons. The van der Waals surface area contributed by atoms with E-state index in [0.717, 1.165) is 19.3 Å². The number of unbranched alkanes of at least 4 members (excludes halogenated alkanes) is 1. The summed E-state index contributed by atoms with van der Waals surface area (Å²) in [5, 5.41) is 0. The number of hydrogen-bond acceptors (Lipinski definition) is 2. The molecule has 0 bridgehead atoms. The Bertz CT molecular complexity index is 197. The monoisotopic (exact) mass is 200 g/mol. The van der Waals surface area contributed by atoms with Crippen molar-refractivity contribution in [1.29, 1.82) is 0 Å². The number of rotatable bonds is 5. The highest BCUT2D eigenvalue weighted by atomic mass is 16.2. The molecule has 3 heteroatoms. The molecule has 0 unspecified atom stereocenters. The highest BCUT2D eigenvalue weighted by Crippen LogP contribution is 2.42. The Balaban J connectivity index is 4.59. The summed E-state index contributed by atoms with van der Waals surface area (Å²) in [4.78, 5) is 11.6. The molecule has 1 amide bonds. The van der Waals surface area contributed by atoms with Gasteiger partial charge < -0.3 is 0 Å². The van der Waals surface area contributed by atoms with Crippen molar-refractivity contribution in [3.05, 3.63) is 0 Å². The minimum absolute atomic E-state index is 0.0214. The van der Waals surface area contributed by atoms with Crippen LogP contribution in [-0.2, 0) is 4.79 Å². The van der Waals surface area contributed by atoms with Crippen molar-refractivity contribution in [1.82, 2.24) is 5.43 Å². The zero-order chi connectivity index (χ0) is 11.4. The average Bonchev–Trinajstić information content (AvgIpc) is 2.13. The molecule has 0 aliphatic rings. The Kier molecular flexibility index (Phi) is 4.59. The van der Waals surface area contributed by atoms with E-state index in [0.29, 0.717) is 0 Å². The van der Waals surface area contributed by atoms with Gasteiger partial charge in [0.2, 0.25) is 5.91 Å². The summed E-state index contributed by atoms with van der Waals surface area (Å²) in [7, 11) is 0. The van der Waals surface area contributed by atoms with E-state index >= 15 is 0 Å². The summed E-state index contributed by atoms with van der Waals surface area (Å²) in [5.41, 5.74) is 1.81. The summed E-state index contributed by atoms with van der Waals surface area (Å²) >= 11 is 0. The SMILES string of the molecule is CCCCC(C)(C)C(C)(C)C(=O)NN. The Labute approximate surface area is 87.4 Å². The van der Waals surface area contributed by atoms with Crippen molar-refractivity contribution in [3.8, 4) is 0 Å². The molecule has 0 aliphatic carbocycles. The van der Waals surface area contributed by atoms with Crippen molar-refractivity contribution >= 4 is 5.91 Å². The van der Waals surface area contributed by atoms with Gasteiger partial charge in [-0.25, -0.2) is 5.84 Å². The minimum Gasteiger partial charge on any atom is -0.294 e. The van der Waals surface area contributed by atoms with Gasteiger partial charge in [-0.3, -0.25) is 10.2 Å². The predicted molar refractivity (Wildman–Crippen MR) is 59.4 cm³/mol. The van der Waals surface area contributed by atoms with E-state index in [4.69, 9.17) is 5.84 Å². The van der Waals surface area contributed by atoms with Gasteiger partial charge in [0.1, 0.15) is 0 Å². The van der Waals surface area contributed by atoms with Gasteiger partial charge >= 0.3 is 0 Å². The van der Waals surface area contributed by atoms with Crippen LogP contribution in [0.25, 0.3) is 0 Å². The number of carbonyl (C=O) groups is 1. The van der Waals surface area contributed by atoms with E-state index in [-0.39, 0.29) is 11.3 Å². The standard InChI is InChI=1S/C11H24N2O/c1-6-7-8-10(2,3)11(4,5)9(14)13-12/h6-8,12H2,1-5H3,(H,13,14). The van der Waals surface area contributed by atoms with Gasteiger partial charge in [-0.2, -0.15) is 0 Å². The van der Waals surface area contributed by atoms with E-state index in [2.05, 4.69) is 26.2 Å². The first-order valence-electron chi connectivity index (χ1n) is 5.30.